The number of methoxy groups -OCH3 is 1. The first-order valence-corrected chi connectivity index (χ1v) is 10.2. The molecule has 8 heteroatoms. The van der Waals surface area contributed by atoms with Crippen LogP contribution in [-0.4, -0.2) is 48.0 Å². The van der Waals surface area contributed by atoms with Gasteiger partial charge in [-0.2, -0.15) is 5.10 Å². The monoisotopic (exact) mass is 435 g/mol. The van der Waals surface area contributed by atoms with Gasteiger partial charge in [0.05, 0.1) is 30.7 Å². The Kier molecular flexibility index (Phi) is 4.63. The average molecular weight is 436 g/mol. The Morgan fingerprint density at radius 2 is 1.81 bits per heavy atom. The molecule has 4 atom stereocenters. The van der Waals surface area contributed by atoms with Gasteiger partial charge in [-0.15, -0.1) is 0 Å². The summed E-state index contributed by atoms with van der Waals surface area (Å²) in [5.41, 5.74) is 0.832. The predicted octanol–water partition coefficient (Wildman–Crippen LogP) is 2.95. The summed E-state index contributed by atoms with van der Waals surface area (Å²) in [6, 6.07) is 11.9. The lowest BCUT2D eigenvalue weighted by molar-refractivity contribution is -0.123. The molecule has 3 aliphatic heterocycles. The lowest BCUT2D eigenvalue weighted by Crippen LogP contribution is -2.46. The van der Waals surface area contributed by atoms with Crippen LogP contribution in [0.1, 0.15) is 10.4 Å². The number of anilines is 1. The first-order chi connectivity index (χ1) is 15.0. The summed E-state index contributed by atoms with van der Waals surface area (Å²) in [7, 11) is 1.55. The number of benzene rings is 2. The van der Waals surface area contributed by atoms with Crippen LogP contribution in [0, 0.1) is 11.8 Å². The highest BCUT2D eigenvalue weighted by Gasteiger charge is 2.64. The van der Waals surface area contributed by atoms with E-state index >= 15 is 0 Å². The maximum Gasteiger partial charge on any atom is 0.240 e. The lowest BCUT2D eigenvalue weighted by Gasteiger charge is -2.30. The fourth-order valence-electron chi connectivity index (χ4n) is 4.63. The van der Waals surface area contributed by atoms with Crippen LogP contribution in [-0.2, 0) is 9.59 Å². The number of ketones is 1. The van der Waals surface area contributed by atoms with E-state index in [1.807, 2.05) is 6.08 Å². The van der Waals surface area contributed by atoms with Crippen LogP contribution in [0.25, 0.3) is 0 Å². The highest BCUT2D eigenvalue weighted by molar-refractivity contribution is 6.31. The number of ether oxygens (including phenoxy) is 1. The normalized spacial score (nSPS) is 26.3. The molecule has 2 aromatic carbocycles. The molecule has 2 saturated heterocycles. The summed E-state index contributed by atoms with van der Waals surface area (Å²) in [4.78, 5) is 41.5. The highest BCUT2D eigenvalue weighted by Crippen LogP contribution is 2.46. The van der Waals surface area contributed by atoms with Gasteiger partial charge in [0.2, 0.25) is 11.8 Å². The van der Waals surface area contributed by atoms with Gasteiger partial charge in [-0.25, -0.2) is 4.90 Å². The molecule has 2 fully saturated rings. The quantitative estimate of drug-likeness (QED) is 0.545. The Labute approximate surface area is 183 Å². The second kappa shape index (κ2) is 7.35. The van der Waals surface area contributed by atoms with Gasteiger partial charge in [-0.1, -0.05) is 23.7 Å². The van der Waals surface area contributed by atoms with Crippen molar-refractivity contribution in [3.05, 3.63) is 71.3 Å². The molecule has 156 valence electrons. The highest BCUT2D eigenvalue weighted by atomic mass is 35.5. The number of hydrogen-bond acceptors (Lipinski definition) is 6. The van der Waals surface area contributed by atoms with Crippen LogP contribution in [0.4, 0.5) is 5.69 Å². The van der Waals surface area contributed by atoms with Gasteiger partial charge < -0.3 is 4.74 Å². The third-order valence-electron chi connectivity index (χ3n) is 6.00. The van der Waals surface area contributed by atoms with Gasteiger partial charge in [-0.05, 0) is 48.5 Å². The number of imide groups is 1. The molecule has 7 nitrogen and oxygen atoms in total. The average Bonchev–Trinajstić information content (AvgIpc) is 3.26. The van der Waals surface area contributed by atoms with Gasteiger partial charge in [0.15, 0.2) is 5.78 Å². The number of carbonyl (C=O) groups excluding carboxylic acids is 3. The molecule has 0 aliphatic carbocycles. The summed E-state index contributed by atoms with van der Waals surface area (Å²) < 4.78 is 5.16. The number of hydrogen-bond donors (Lipinski definition) is 0. The zero-order chi connectivity index (χ0) is 21.7. The van der Waals surface area contributed by atoms with E-state index in [0.29, 0.717) is 22.0 Å². The van der Waals surface area contributed by atoms with Gasteiger partial charge in [0.25, 0.3) is 0 Å². The third kappa shape index (κ3) is 2.96. The molecule has 0 unspecified atom stereocenters. The summed E-state index contributed by atoms with van der Waals surface area (Å²) in [6.07, 6.45) is 5.12. The largest absolute Gasteiger partial charge is 0.497 e. The third-order valence-corrected chi connectivity index (χ3v) is 6.24. The van der Waals surface area contributed by atoms with Crippen molar-refractivity contribution in [3.63, 3.8) is 0 Å². The number of nitrogens with zero attached hydrogens (tertiary/aromatic N) is 3. The second-order valence-electron chi connectivity index (χ2n) is 7.60. The fourth-order valence-corrected chi connectivity index (χ4v) is 4.82. The molecule has 3 heterocycles. The fraction of sp³-hybridized carbons (Fsp3) is 0.217. The van der Waals surface area contributed by atoms with Crippen LogP contribution in [0.2, 0.25) is 5.02 Å². The Hall–Kier alpha value is -3.45. The minimum absolute atomic E-state index is 0.262. The maximum atomic E-state index is 13.5. The molecule has 0 bridgehead atoms. The molecule has 2 amide bonds. The van der Waals surface area contributed by atoms with Crippen molar-refractivity contribution in [2.45, 2.75) is 12.1 Å². The van der Waals surface area contributed by atoms with E-state index < -0.39 is 29.8 Å². The Balaban J connectivity index is 1.56. The Bertz CT molecular complexity index is 1140. The first kappa shape index (κ1) is 19.5. The smallest absolute Gasteiger partial charge is 0.240 e. The first-order valence-electron chi connectivity index (χ1n) is 9.82. The SMILES string of the molecule is COc1ccc(C(=O)[C@@H]2[C@H]3C(=O)N(c4cccc(Cl)c4)C(=O)[C@@H]3[C@H]3C=CC=NN32)cc1. The van der Waals surface area contributed by atoms with Crippen LogP contribution in [0.15, 0.2) is 65.8 Å². The van der Waals surface area contributed by atoms with Gasteiger partial charge in [0, 0.05) is 16.8 Å². The Morgan fingerprint density at radius 3 is 2.52 bits per heavy atom. The van der Waals surface area contributed by atoms with Crippen molar-refractivity contribution in [2.75, 3.05) is 12.0 Å². The zero-order valence-corrected chi connectivity index (χ0v) is 17.3. The van der Waals surface area contributed by atoms with E-state index in [-0.39, 0.29) is 11.7 Å². The molecule has 31 heavy (non-hydrogen) atoms. The number of allylic oxidation sites excluding steroid dienone is 1. The second-order valence-corrected chi connectivity index (χ2v) is 8.04. The molecular weight excluding hydrogens is 418 g/mol. The Morgan fingerprint density at radius 1 is 1.06 bits per heavy atom. The van der Waals surface area contributed by atoms with Crippen LogP contribution >= 0.6 is 11.6 Å². The van der Waals surface area contributed by atoms with E-state index in [0.717, 1.165) is 4.90 Å². The zero-order valence-electron chi connectivity index (χ0n) is 16.5. The molecule has 2 aromatic rings. The number of amides is 2. The van der Waals surface area contributed by atoms with Gasteiger partial charge in [0.1, 0.15) is 11.8 Å². The molecule has 5 rings (SSSR count). The van der Waals surface area contributed by atoms with E-state index in [9.17, 15) is 14.4 Å². The minimum Gasteiger partial charge on any atom is -0.497 e. The van der Waals surface area contributed by atoms with E-state index in [4.69, 9.17) is 16.3 Å². The van der Waals surface area contributed by atoms with Gasteiger partial charge in [-0.3, -0.25) is 19.4 Å². The van der Waals surface area contributed by atoms with Crippen molar-refractivity contribution < 1.29 is 19.1 Å². The molecule has 3 aliphatic rings. The molecule has 0 saturated carbocycles. The van der Waals surface area contributed by atoms with Gasteiger partial charge >= 0.3 is 0 Å². The molecule has 0 aromatic heterocycles. The summed E-state index contributed by atoms with van der Waals surface area (Å²) in [6.45, 7) is 0. The van der Waals surface area contributed by atoms with Crippen LogP contribution < -0.4 is 9.64 Å². The van der Waals surface area contributed by atoms with Crippen molar-refractivity contribution in [1.82, 2.24) is 5.01 Å². The topological polar surface area (TPSA) is 79.3 Å². The van der Waals surface area contributed by atoms with E-state index in [1.54, 1.807) is 72.9 Å². The van der Waals surface area contributed by atoms with Crippen LogP contribution in [0.3, 0.4) is 0 Å². The maximum absolute atomic E-state index is 13.5. The predicted molar refractivity (Wildman–Crippen MR) is 115 cm³/mol. The van der Waals surface area contributed by atoms with Crippen molar-refractivity contribution in [3.8, 4) is 5.75 Å². The molecule has 0 radical (unpaired) electrons. The molecular formula is C23H18ClN3O4. The lowest BCUT2D eigenvalue weighted by atomic mass is 9.86. The van der Waals surface area contributed by atoms with E-state index in [2.05, 4.69) is 5.10 Å². The number of fused-ring (bicyclic) bond motifs is 3. The number of hydrazone groups is 1. The van der Waals surface area contributed by atoms with Crippen molar-refractivity contribution in [2.24, 2.45) is 16.9 Å². The summed E-state index contributed by atoms with van der Waals surface area (Å²) >= 11 is 6.08. The summed E-state index contributed by atoms with van der Waals surface area (Å²) in [5.74, 6) is -1.95. The number of rotatable bonds is 4. The summed E-state index contributed by atoms with van der Waals surface area (Å²) in [5, 5.41) is 6.36. The molecule has 0 spiro atoms. The van der Waals surface area contributed by atoms with Crippen LogP contribution in [0.5, 0.6) is 5.75 Å². The van der Waals surface area contributed by atoms with Crippen molar-refractivity contribution >= 4 is 41.1 Å². The number of carbonyl (C=O) groups is 3. The number of halogens is 1. The number of Topliss-reactive ketones (excluding diaryl/α,β-unsaturated/α-hetero) is 1. The van der Waals surface area contributed by atoms with E-state index in [1.165, 1.54) is 0 Å². The molecule has 0 N–H and O–H groups in total. The standard InChI is InChI=1S/C23H18ClN3O4/c1-31-16-9-7-13(8-10-16)21(28)20-19-18(17-6-3-11-25-27(17)20)22(29)26(23(19)30)15-5-2-4-14(24)12-15/h2-12,17-20H,1H3/t17-,18-,19+,20+/m1/s1. The minimum atomic E-state index is -0.884. The van der Waals surface area contributed by atoms with Crippen molar-refractivity contribution in [1.29, 1.82) is 0 Å².